The van der Waals surface area contributed by atoms with E-state index in [0.717, 1.165) is 16.9 Å². The highest BCUT2D eigenvalue weighted by Gasteiger charge is 2.14. The van der Waals surface area contributed by atoms with Crippen molar-refractivity contribution in [2.45, 2.75) is 18.6 Å². The third kappa shape index (κ3) is 5.00. The van der Waals surface area contributed by atoms with E-state index in [1.54, 1.807) is 42.0 Å². The van der Waals surface area contributed by atoms with Crippen LogP contribution in [-0.4, -0.2) is 28.3 Å². The van der Waals surface area contributed by atoms with Crippen LogP contribution in [-0.2, 0) is 11.3 Å². The number of nitrogens with zero attached hydrogens (tertiary/aromatic N) is 2. The molecule has 6 nitrogen and oxygen atoms in total. The summed E-state index contributed by atoms with van der Waals surface area (Å²) in [5.41, 5.74) is 3.34. The Morgan fingerprint density at radius 2 is 1.75 bits per heavy atom. The van der Waals surface area contributed by atoms with Gasteiger partial charge in [0.1, 0.15) is 5.75 Å². The molecule has 0 aliphatic heterocycles. The Morgan fingerprint density at radius 3 is 2.47 bits per heavy atom. The highest BCUT2D eigenvalue weighted by molar-refractivity contribution is 7.99. The molecule has 0 fully saturated rings. The number of amides is 1. The molecule has 162 valence electrons. The highest BCUT2D eigenvalue weighted by atomic mass is 32.2. The van der Waals surface area contributed by atoms with Gasteiger partial charge in [0.2, 0.25) is 5.91 Å². The number of anilines is 1. The first-order valence-electron chi connectivity index (χ1n) is 10.2. The Morgan fingerprint density at radius 1 is 1.03 bits per heavy atom. The second kappa shape index (κ2) is 9.70. The molecule has 7 heteroatoms. The molecule has 1 amide bonds. The summed E-state index contributed by atoms with van der Waals surface area (Å²) in [5.74, 6) is 0.673. The van der Waals surface area contributed by atoms with Gasteiger partial charge in [-0.25, -0.2) is 4.98 Å². The van der Waals surface area contributed by atoms with Gasteiger partial charge in [-0.15, -0.1) is 0 Å². The van der Waals surface area contributed by atoms with Crippen molar-refractivity contribution in [2.24, 2.45) is 0 Å². The van der Waals surface area contributed by atoms with E-state index in [1.165, 1.54) is 11.8 Å². The molecule has 0 aliphatic rings. The van der Waals surface area contributed by atoms with E-state index in [2.05, 4.69) is 10.3 Å². The van der Waals surface area contributed by atoms with Gasteiger partial charge in [-0.1, -0.05) is 53.7 Å². The fraction of sp³-hybridized carbons (Fsp3) is 0.160. The number of para-hydroxylation sites is 1. The van der Waals surface area contributed by atoms with Gasteiger partial charge >= 0.3 is 0 Å². The van der Waals surface area contributed by atoms with Gasteiger partial charge < -0.3 is 10.1 Å². The monoisotopic (exact) mass is 445 g/mol. The Labute approximate surface area is 190 Å². The predicted molar refractivity (Wildman–Crippen MR) is 129 cm³/mol. The van der Waals surface area contributed by atoms with Crippen LogP contribution < -0.4 is 15.6 Å². The number of carbonyl (C=O) groups is 1. The molecule has 0 bridgehead atoms. The molecule has 0 unspecified atom stereocenters. The van der Waals surface area contributed by atoms with E-state index in [1.807, 2.05) is 49.4 Å². The lowest BCUT2D eigenvalue weighted by Gasteiger charge is -2.13. The summed E-state index contributed by atoms with van der Waals surface area (Å²) >= 11 is 1.25. The minimum atomic E-state index is -0.176. The Hall–Kier alpha value is -3.58. The number of aryl methyl sites for hydroxylation is 1. The van der Waals surface area contributed by atoms with Gasteiger partial charge in [0.15, 0.2) is 5.16 Å². The van der Waals surface area contributed by atoms with Crippen molar-refractivity contribution >= 4 is 34.3 Å². The van der Waals surface area contributed by atoms with Crippen LogP contribution in [0.5, 0.6) is 5.75 Å². The number of fused-ring (bicyclic) bond motifs is 1. The summed E-state index contributed by atoms with van der Waals surface area (Å²) in [6.07, 6.45) is 0. The van der Waals surface area contributed by atoms with Gasteiger partial charge in [0, 0.05) is 5.69 Å². The maximum atomic E-state index is 13.2. The largest absolute Gasteiger partial charge is 0.497 e. The summed E-state index contributed by atoms with van der Waals surface area (Å²) in [4.78, 5) is 30.4. The minimum absolute atomic E-state index is 0.116. The van der Waals surface area contributed by atoms with Crippen molar-refractivity contribution in [2.75, 3.05) is 18.2 Å². The number of benzene rings is 3. The van der Waals surface area contributed by atoms with Gasteiger partial charge in [-0.3, -0.25) is 14.2 Å². The zero-order valence-electron chi connectivity index (χ0n) is 17.9. The fourth-order valence-corrected chi connectivity index (χ4v) is 4.07. The molecule has 4 aromatic rings. The van der Waals surface area contributed by atoms with Crippen molar-refractivity contribution in [3.8, 4) is 5.75 Å². The highest BCUT2D eigenvalue weighted by Crippen LogP contribution is 2.20. The number of hydrogen-bond donors (Lipinski definition) is 1. The van der Waals surface area contributed by atoms with Gasteiger partial charge in [0.05, 0.1) is 30.3 Å². The molecular weight excluding hydrogens is 422 g/mol. The zero-order chi connectivity index (χ0) is 22.5. The Bertz CT molecular complexity index is 1300. The van der Waals surface area contributed by atoms with Crippen molar-refractivity contribution in [1.29, 1.82) is 0 Å². The number of methoxy groups -OCH3 is 1. The number of nitrogens with one attached hydrogen (secondary N) is 1. The summed E-state index contributed by atoms with van der Waals surface area (Å²) in [6, 6.07) is 22.4. The second-order valence-corrected chi connectivity index (χ2v) is 8.30. The quantitative estimate of drug-likeness (QED) is 0.335. The topological polar surface area (TPSA) is 73.2 Å². The first-order valence-corrected chi connectivity index (χ1v) is 11.1. The van der Waals surface area contributed by atoms with E-state index in [0.29, 0.717) is 28.3 Å². The minimum Gasteiger partial charge on any atom is -0.497 e. The SMILES string of the molecule is COc1ccc(NC(=O)CSc2nc3ccccc3c(=O)n2Cc2ccc(C)cc2)cc1. The van der Waals surface area contributed by atoms with Crippen LogP contribution in [0.3, 0.4) is 0 Å². The molecule has 1 aromatic heterocycles. The third-order valence-electron chi connectivity index (χ3n) is 4.99. The van der Waals surface area contributed by atoms with Crippen LogP contribution >= 0.6 is 11.8 Å². The second-order valence-electron chi connectivity index (χ2n) is 7.35. The Kier molecular flexibility index (Phi) is 6.56. The fourth-order valence-electron chi connectivity index (χ4n) is 3.27. The lowest BCUT2D eigenvalue weighted by molar-refractivity contribution is -0.113. The van der Waals surface area contributed by atoms with Crippen LogP contribution in [0.2, 0.25) is 0 Å². The molecular formula is C25H23N3O3S. The number of rotatable bonds is 7. The molecule has 3 aromatic carbocycles. The molecule has 0 aliphatic carbocycles. The average Bonchev–Trinajstić information content (AvgIpc) is 2.81. The Balaban J connectivity index is 1.57. The van der Waals surface area contributed by atoms with Crippen LogP contribution in [0.15, 0.2) is 82.7 Å². The van der Waals surface area contributed by atoms with E-state index < -0.39 is 0 Å². The number of carbonyl (C=O) groups excluding carboxylic acids is 1. The van der Waals surface area contributed by atoms with E-state index >= 15 is 0 Å². The van der Waals surface area contributed by atoms with E-state index in [9.17, 15) is 9.59 Å². The molecule has 1 heterocycles. The van der Waals surface area contributed by atoms with Crippen molar-refractivity contribution in [3.63, 3.8) is 0 Å². The van der Waals surface area contributed by atoms with E-state index in [-0.39, 0.29) is 17.2 Å². The van der Waals surface area contributed by atoms with Crippen molar-refractivity contribution < 1.29 is 9.53 Å². The van der Waals surface area contributed by atoms with Crippen LogP contribution in [0.25, 0.3) is 10.9 Å². The number of ether oxygens (including phenoxy) is 1. The maximum absolute atomic E-state index is 13.2. The normalized spacial score (nSPS) is 10.8. The lowest BCUT2D eigenvalue weighted by atomic mass is 10.1. The third-order valence-corrected chi connectivity index (χ3v) is 5.97. The van der Waals surface area contributed by atoms with Crippen LogP contribution in [0.4, 0.5) is 5.69 Å². The summed E-state index contributed by atoms with van der Waals surface area (Å²) < 4.78 is 6.77. The first kappa shape index (κ1) is 21.6. The van der Waals surface area contributed by atoms with Gasteiger partial charge in [0.25, 0.3) is 5.56 Å². The van der Waals surface area contributed by atoms with Crippen LogP contribution in [0, 0.1) is 6.92 Å². The summed E-state index contributed by atoms with van der Waals surface area (Å²) in [7, 11) is 1.59. The van der Waals surface area contributed by atoms with Gasteiger partial charge in [-0.05, 0) is 48.9 Å². The zero-order valence-corrected chi connectivity index (χ0v) is 18.7. The number of hydrogen-bond acceptors (Lipinski definition) is 5. The molecule has 4 rings (SSSR count). The molecule has 0 saturated heterocycles. The molecule has 1 N–H and O–H groups in total. The summed E-state index contributed by atoms with van der Waals surface area (Å²) in [6.45, 7) is 2.41. The lowest BCUT2D eigenvalue weighted by Crippen LogP contribution is -2.24. The van der Waals surface area contributed by atoms with Gasteiger partial charge in [-0.2, -0.15) is 0 Å². The smallest absolute Gasteiger partial charge is 0.262 e. The molecule has 32 heavy (non-hydrogen) atoms. The van der Waals surface area contributed by atoms with Crippen molar-refractivity contribution in [1.82, 2.24) is 9.55 Å². The first-order chi connectivity index (χ1) is 15.5. The molecule has 0 atom stereocenters. The molecule has 0 spiro atoms. The predicted octanol–water partition coefficient (Wildman–Crippen LogP) is 4.49. The number of aromatic nitrogens is 2. The van der Waals surface area contributed by atoms with Crippen molar-refractivity contribution in [3.05, 3.63) is 94.3 Å². The average molecular weight is 446 g/mol. The molecule has 0 saturated carbocycles. The van der Waals surface area contributed by atoms with Crippen LogP contribution in [0.1, 0.15) is 11.1 Å². The van der Waals surface area contributed by atoms with E-state index in [4.69, 9.17) is 4.74 Å². The molecule has 0 radical (unpaired) electrons. The number of thioether (sulfide) groups is 1. The standard InChI is InChI=1S/C25H23N3O3S/c1-17-7-9-18(10-8-17)15-28-24(30)21-5-3-4-6-22(21)27-25(28)32-16-23(29)26-19-11-13-20(31-2)14-12-19/h3-14H,15-16H2,1-2H3,(H,26,29). The maximum Gasteiger partial charge on any atom is 0.262 e. The summed E-state index contributed by atoms with van der Waals surface area (Å²) in [5, 5.41) is 3.93.